The Morgan fingerprint density at radius 2 is 0.818 bits per heavy atom. The van der Waals surface area contributed by atoms with Crippen LogP contribution in [0, 0.1) is 11.8 Å². The minimum Gasteiger partial charge on any atom is -0.348 e. The molecule has 4 aromatic carbocycles. The summed E-state index contributed by atoms with van der Waals surface area (Å²) >= 11 is 0. The van der Waals surface area contributed by atoms with Crippen LogP contribution in [0.1, 0.15) is 57.5 Å². The minimum absolute atomic E-state index is 0.160. The second-order valence-electron chi connectivity index (χ2n) is 11.0. The van der Waals surface area contributed by atoms with Crippen LogP contribution < -0.4 is 21.3 Å². The highest BCUT2D eigenvalue weighted by atomic mass is 16.2. The van der Waals surface area contributed by atoms with Crippen molar-refractivity contribution in [2.75, 3.05) is 10.6 Å². The first-order valence-corrected chi connectivity index (χ1v) is 14.9. The van der Waals surface area contributed by atoms with Crippen LogP contribution in [-0.4, -0.2) is 23.6 Å². The Balaban J connectivity index is 1.12. The number of benzene rings is 4. The number of anilines is 2. The van der Waals surface area contributed by atoms with Gasteiger partial charge in [-0.05, 0) is 61.1 Å². The molecule has 1 aliphatic carbocycles. The van der Waals surface area contributed by atoms with Crippen molar-refractivity contribution in [1.82, 2.24) is 10.6 Å². The fourth-order valence-electron chi connectivity index (χ4n) is 5.41. The SMILES string of the molecule is O=C(NCc1ccccc1)c1ccccc1NC(=O)C1CCC(C(=O)Nc2ccccc2C(=O)NCc2ccccc2)CC1. The van der Waals surface area contributed by atoms with Crippen molar-refractivity contribution < 1.29 is 19.2 Å². The van der Waals surface area contributed by atoms with Crippen LogP contribution in [0.25, 0.3) is 0 Å². The first-order valence-electron chi connectivity index (χ1n) is 14.9. The zero-order valence-corrected chi connectivity index (χ0v) is 24.4. The Morgan fingerprint density at radius 3 is 1.20 bits per heavy atom. The molecule has 4 N–H and O–H groups in total. The van der Waals surface area contributed by atoms with Gasteiger partial charge in [0.15, 0.2) is 0 Å². The quantitative estimate of drug-likeness (QED) is 0.184. The third-order valence-electron chi connectivity index (χ3n) is 7.92. The standard InChI is InChI=1S/C36H36N4O4/c41-33(39-31-17-9-7-15-29(31)35(43)37-23-25-11-3-1-4-12-25)27-19-21-28(22-20-27)34(42)40-32-18-10-8-16-30(32)36(44)38-24-26-13-5-2-6-14-26/h1-18,27-28H,19-24H2,(H,37,43)(H,38,44)(H,39,41)(H,40,42). The van der Waals surface area contributed by atoms with Crippen molar-refractivity contribution in [3.63, 3.8) is 0 Å². The first-order chi connectivity index (χ1) is 21.5. The largest absolute Gasteiger partial charge is 0.348 e. The van der Waals surface area contributed by atoms with Gasteiger partial charge in [0.2, 0.25) is 11.8 Å². The maximum atomic E-state index is 13.2. The van der Waals surface area contributed by atoms with Crippen molar-refractivity contribution >= 4 is 35.0 Å². The van der Waals surface area contributed by atoms with Gasteiger partial charge in [0.05, 0.1) is 22.5 Å². The predicted molar refractivity (Wildman–Crippen MR) is 171 cm³/mol. The van der Waals surface area contributed by atoms with Gasteiger partial charge >= 0.3 is 0 Å². The molecule has 5 rings (SSSR count). The van der Waals surface area contributed by atoms with Crippen LogP contribution in [0.4, 0.5) is 11.4 Å². The Hall–Kier alpha value is -5.24. The molecule has 0 aromatic heterocycles. The second kappa shape index (κ2) is 14.8. The molecule has 0 aliphatic heterocycles. The van der Waals surface area contributed by atoms with Crippen molar-refractivity contribution in [1.29, 1.82) is 0 Å². The second-order valence-corrected chi connectivity index (χ2v) is 11.0. The summed E-state index contributed by atoms with van der Waals surface area (Å²) in [6.45, 7) is 0.772. The number of nitrogens with one attached hydrogen (secondary N) is 4. The number of para-hydroxylation sites is 2. The molecule has 0 radical (unpaired) electrons. The van der Waals surface area contributed by atoms with Crippen LogP contribution in [0.2, 0.25) is 0 Å². The monoisotopic (exact) mass is 588 g/mol. The molecule has 8 heteroatoms. The summed E-state index contributed by atoms with van der Waals surface area (Å²) in [5, 5.41) is 11.7. The number of carbonyl (C=O) groups excluding carboxylic acids is 4. The van der Waals surface area contributed by atoms with Crippen LogP contribution in [0.3, 0.4) is 0 Å². The van der Waals surface area contributed by atoms with Crippen molar-refractivity contribution in [2.24, 2.45) is 11.8 Å². The van der Waals surface area contributed by atoms with E-state index in [0.29, 0.717) is 61.3 Å². The molecule has 1 fully saturated rings. The van der Waals surface area contributed by atoms with Gasteiger partial charge in [0, 0.05) is 24.9 Å². The van der Waals surface area contributed by atoms with Gasteiger partial charge in [0.1, 0.15) is 0 Å². The molecule has 0 unspecified atom stereocenters. The molecule has 0 saturated heterocycles. The lowest BCUT2D eigenvalue weighted by molar-refractivity contribution is -0.125. The third-order valence-corrected chi connectivity index (χ3v) is 7.92. The Labute approximate surface area is 257 Å². The number of hydrogen-bond acceptors (Lipinski definition) is 4. The van der Waals surface area contributed by atoms with Gasteiger partial charge in [-0.15, -0.1) is 0 Å². The van der Waals surface area contributed by atoms with Crippen LogP contribution in [-0.2, 0) is 22.7 Å². The molecular weight excluding hydrogens is 552 g/mol. The summed E-state index contributed by atoms with van der Waals surface area (Å²) in [5.41, 5.74) is 3.69. The molecular formula is C36H36N4O4. The van der Waals surface area contributed by atoms with Crippen molar-refractivity contribution in [3.05, 3.63) is 131 Å². The highest BCUT2D eigenvalue weighted by molar-refractivity contribution is 6.05. The average molecular weight is 589 g/mol. The lowest BCUT2D eigenvalue weighted by atomic mass is 9.81. The molecule has 1 aliphatic rings. The highest BCUT2D eigenvalue weighted by Gasteiger charge is 2.31. The summed E-state index contributed by atoms with van der Waals surface area (Å²) in [6, 6.07) is 33.2. The number of rotatable bonds is 10. The normalized spacial score (nSPS) is 15.9. The van der Waals surface area contributed by atoms with Gasteiger partial charge in [-0.3, -0.25) is 19.2 Å². The van der Waals surface area contributed by atoms with Crippen LogP contribution in [0.5, 0.6) is 0 Å². The summed E-state index contributed by atoms with van der Waals surface area (Å²) in [7, 11) is 0. The van der Waals surface area contributed by atoms with E-state index in [1.54, 1.807) is 48.5 Å². The zero-order valence-electron chi connectivity index (χ0n) is 24.4. The van der Waals surface area contributed by atoms with E-state index in [-0.39, 0.29) is 35.5 Å². The lowest BCUT2D eigenvalue weighted by Gasteiger charge is -2.27. The van der Waals surface area contributed by atoms with E-state index in [0.717, 1.165) is 11.1 Å². The molecule has 0 heterocycles. The number of amides is 4. The van der Waals surface area contributed by atoms with E-state index in [4.69, 9.17) is 0 Å². The van der Waals surface area contributed by atoms with Gasteiger partial charge in [-0.1, -0.05) is 84.9 Å². The van der Waals surface area contributed by atoms with E-state index in [1.165, 1.54) is 0 Å². The summed E-state index contributed by atoms with van der Waals surface area (Å²) in [6.07, 6.45) is 2.19. The van der Waals surface area contributed by atoms with E-state index in [9.17, 15) is 19.2 Å². The topological polar surface area (TPSA) is 116 Å². The summed E-state index contributed by atoms with van der Waals surface area (Å²) in [4.78, 5) is 52.2. The van der Waals surface area contributed by atoms with Gasteiger partial charge in [-0.2, -0.15) is 0 Å². The van der Waals surface area contributed by atoms with E-state index >= 15 is 0 Å². The van der Waals surface area contributed by atoms with Crippen molar-refractivity contribution in [2.45, 2.75) is 38.8 Å². The van der Waals surface area contributed by atoms with Crippen LogP contribution in [0.15, 0.2) is 109 Å². The van der Waals surface area contributed by atoms with Gasteiger partial charge in [0.25, 0.3) is 11.8 Å². The summed E-state index contributed by atoms with van der Waals surface area (Å²) in [5.74, 6) is -1.38. The minimum atomic E-state index is -0.268. The third kappa shape index (κ3) is 7.98. The smallest absolute Gasteiger partial charge is 0.253 e. The average Bonchev–Trinajstić information content (AvgIpc) is 3.07. The fraction of sp³-hybridized carbons (Fsp3) is 0.222. The van der Waals surface area contributed by atoms with E-state index in [2.05, 4.69) is 21.3 Å². The molecule has 44 heavy (non-hydrogen) atoms. The molecule has 8 nitrogen and oxygen atoms in total. The van der Waals surface area contributed by atoms with Crippen LogP contribution >= 0.6 is 0 Å². The maximum absolute atomic E-state index is 13.2. The molecule has 224 valence electrons. The van der Waals surface area contributed by atoms with Gasteiger partial charge in [-0.25, -0.2) is 0 Å². The lowest BCUT2D eigenvalue weighted by Crippen LogP contribution is -2.33. The number of hydrogen-bond donors (Lipinski definition) is 4. The van der Waals surface area contributed by atoms with Crippen molar-refractivity contribution in [3.8, 4) is 0 Å². The highest BCUT2D eigenvalue weighted by Crippen LogP contribution is 2.31. The maximum Gasteiger partial charge on any atom is 0.253 e. The van der Waals surface area contributed by atoms with Gasteiger partial charge < -0.3 is 21.3 Å². The molecule has 1 saturated carbocycles. The number of carbonyl (C=O) groups is 4. The molecule has 4 aromatic rings. The van der Waals surface area contributed by atoms with E-state index in [1.807, 2.05) is 60.7 Å². The molecule has 0 atom stereocenters. The Bertz CT molecular complexity index is 1480. The van der Waals surface area contributed by atoms with E-state index < -0.39 is 0 Å². The Kier molecular flexibility index (Phi) is 10.2. The molecule has 0 spiro atoms. The Morgan fingerprint density at radius 1 is 0.477 bits per heavy atom. The fourth-order valence-corrected chi connectivity index (χ4v) is 5.41. The zero-order chi connectivity index (χ0) is 30.7. The predicted octanol–water partition coefficient (Wildman–Crippen LogP) is 5.93. The first kappa shape index (κ1) is 30.2. The summed E-state index contributed by atoms with van der Waals surface area (Å²) < 4.78 is 0. The molecule has 0 bridgehead atoms. The molecule has 4 amide bonds.